The van der Waals surface area contributed by atoms with E-state index in [9.17, 15) is 14.9 Å². The average molecular weight is 326 g/mol. The van der Waals surface area contributed by atoms with E-state index in [1.807, 2.05) is 0 Å². The third-order valence-corrected chi connectivity index (χ3v) is 3.60. The molecule has 2 rings (SSSR count). The van der Waals surface area contributed by atoms with Crippen molar-refractivity contribution in [1.29, 1.82) is 0 Å². The Balaban J connectivity index is 2.96. The van der Waals surface area contributed by atoms with Crippen LogP contribution in [0.4, 0.5) is 5.69 Å². The molecule has 98 valence electrons. The molecule has 1 aromatic heterocycles. The van der Waals surface area contributed by atoms with Gasteiger partial charge < -0.3 is 0 Å². The number of aromatic nitrogens is 1. The summed E-state index contributed by atoms with van der Waals surface area (Å²) in [6.07, 6.45) is 0. The van der Waals surface area contributed by atoms with Crippen molar-refractivity contribution >= 4 is 38.3 Å². The Labute approximate surface area is 115 Å². The molecular formula is C11H8BrN3O4. The lowest BCUT2D eigenvalue weighted by Crippen LogP contribution is -2.21. The third-order valence-electron chi connectivity index (χ3n) is 2.63. The first kappa shape index (κ1) is 13.4. The molecule has 0 aliphatic heterocycles. The quantitative estimate of drug-likeness (QED) is 0.500. The highest BCUT2D eigenvalue weighted by atomic mass is 79.9. The molecule has 1 amide bonds. The van der Waals surface area contributed by atoms with Crippen LogP contribution in [0.1, 0.15) is 16.2 Å². The molecule has 19 heavy (non-hydrogen) atoms. The van der Waals surface area contributed by atoms with Gasteiger partial charge in [0.1, 0.15) is 5.69 Å². The van der Waals surface area contributed by atoms with Crippen molar-refractivity contribution in [2.75, 3.05) is 0 Å². The van der Waals surface area contributed by atoms with Gasteiger partial charge in [0.05, 0.1) is 20.5 Å². The lowest BCUT2D eigenvalue weighted by molar-refractivity contribution is -0.383. The molecule has 0 saturated carbocycles. The molecule has 0 saturated heterocycles. The summed E-state index contributed by atoms with van der Waals surface area (Å²) in [5.41, 5.74) is 1.69. The molecule has 0 spiro atoms. The monoisotopic (exact) mass is 325 g/mol. The summed E-state index contributed by atoms with van der Waals surface area (Å²) in [5, 5.41) is 20.3. The Kier molecular flexibility index (Phi) is 3.45. The molecule has 8 heteroatoms. The number of rotatable bonds is 2. The van der Waals surface area contributed by atoms with E-state index in [2.05, 4.69) is 20.9 Å². The summed E-state index contributed by atoms with van der Waals surface area (Å²) < 4.78 is 0.448. The van der Waals surface area contributed by atoms with Gasteiger partial charge in [0.2, 0.25) is 0 Å². The van der Waals surface area contributed by atoms with Gasteiger partial charge in [0.25, 0.3) is 11.6 Å². The van der Waals surface area contributed by atoms with E-state index >= 15 is 0 Å². The highest BCUT2D eigenvalue weighted by Crippen LogP contribution is 2.35. The Morgan fingerprint density at radius 2 is 2.21 bits per heavy atom. The fourth-order valence-corrected chi connectivity index (χ4v) is 2.31. The van der Waals surface area contributed by atoms with Gasteiger partial charge in [-0.25, -0.2) is 10.5 Å². The zero-order valence-electron chi connectivity index (χ0n) is 9.68. The van der Waals surface area contributed by atoms with E-state index in [0.29, 0.717) is 15.6 Å². The molecule has 0 aliphatic carbocycles. The number of hydroxylamine groups is 1. The molecule has 0 radical (unpaired) electrons. The fraction of sp³-hybridized carbons (Fsp3) is 0.0909. The standard InChI is InChI=1S/C11H8BrN3O4/c1-5-9(12)8-6(10(13-5)11(16)14-17)3-2-4-7(8)15(18)19/h2-4,17H,1H3,(H,14,16). The van der Waals surface area contributed by atoms with Crippen LogP contribution in [0.25, 0.3) is 10.8 Å². The lowest BCUT2D eigenvalue weighted by Gasteiger charge is -2.09. The second-order valence-electron chi connectivity index (χ2n) is 3.76. The molecule has 0 aliphatic rings. The Hall–Kier alpha value is -2.06. The van der Waals surface area contributed by atoms with Gasteiger partial charge in [-0.05, 0) is 22.9 Å². The predicted octanol–water partition coefficient (Wildman–Crippen LogP) is 2.33. The van der Waals surface area contributed by atoms with Crippen molar-refractivity contribution in [3.63, 3.8) is 0 Å². The second-order valence-corrected chi connectivity index (χ2v) is 4.55. The van der Waals surface area contributed by atoms with Gasteiger partial charge in [0.15, 0.2) is 0 Å². The van der Waals surface area contributed by atoms with Crippen molar-refractivity contribution in [3.05, 3.63) is 44.2 Å². The van der Waals surface area contributed by atoms with Crippen LogP contribution < -0.4 is 5.48 Å². The number of fused-ring (bicyclic) bond motifs is 1. The zero-order valence-corrected chi connectivity index (χ0v) is 11.3. The van der Waals surface area contributed by atoms with E-state index < -0.39 is 10.8 Å². The van der Waals surface area contributed by atoms with Crippen LogP contribution in [0.5, 0.6) is 0 Å². The van der Waals surface area contributed by atoms with Crippen molar-refractivity contribution in [1.82, 2.24) is 10.5 Å². The number of hydrogen-bond acceptors (Lipinski definition) is 5. The Bertz CT molecular complexity index is 702. The first-order valence-corrected chi connectivity index (χ1v) is 5.94. The van der Waals surface area contributed by atoms with Crippen LogP contribution in [0.3, 0.4) is 0 Å². The van der Waals surface area contributed by atoms with E-state index in [1.165, 1.54) is 23.7 Å². The first-order valence-electron chi connectivity index (χ1n) is 5.15. The van der Waals surface area contributed by atoms with Crippen molar-refractivity contribution in [2.24, 2.45) is 0 Å². The minimum Gasteiger partial charge on any atom is -0.288 e. The largest absolute Gasteiger partial charge is 0.293 e. The summed E-state index contributed by atoms with van der Waals surface area (Å²) >= 11 is 3.24. The van der Waals surface area contributed by atoms with Crippen LogP contribution in [0.2, 0.25) is 0 Å². The highest BCUT2D eigenvalue weighted by Gasteiger charge is 2.21. The zero-order chi connectivity index (χ0) is 14.2. The van der Waals surface area contributed by atoms with Gasteiger partial charge in [-0.2, -0.15) is 0 Å². The Morgan fingerprint density at radius 3 is 2.79 bits per heavy atom. The summed E-state index contributed by atoms with van der Waals surface area (Å²) in [6.45, 7) is 1.61. The number of nitrogens with zero attached hydrogens (tertiary/aromatic N) is 2. The fourth-order valence-electron chi connectivity index (χ4n) is 1.80. The number of carbonyl (C=O) groups is 1. The van der Waals surface area contributed by atoms with Gasteiger partial charge >= 0.3 is 0 Å². The summed E-state index contributed by atoms with van der Waals surface area (Å²) in [6, 6.07) is 4.33. The maximum Gasteiger partial charge on any atom is 0.293 e. The Morgan fingerprint density at radius 1 is 1.53 bits per heavy atom. The van der Waals surface area contributed by atoms with Gasteiger partial charge in [-0.3, -0.25) is 20.1 Å². The van der Waals surface area contributed by atoms with Gasteiger partial charge in [-0.15, -0.1) is 0 Å². The smallest absolute Gasteiger partial charge is 0.288 e. The molecule has 2 aromatic rings. The number of nitro groups is 1. The SMILES string of the molecule is Cc1nc(C(=O)NO)c2cccc([N+](=O)[O-])c2c1Br. The number of pyridine rings is 1. The number of non-ortho nitro benzene ring substituents is 1. The predicted molar refractivity (Wildman–Crippen MR) is 70.1 cm³/mol. The number of carbonyl (C=O) groups excluding carboxylic acids is 1. The van der Waals surface area contributed by atoms with Crippen molar-refractivity contribution in [3.8, 4) is 0 Å². The van der Waals surface area contributed by atoms with Crippen LogP contribution in [-0.4, -0.2) is 21.0 Å². The van der Waals surface area contributed by atoms with Crippen LogP contribution in [0.15, 0.2) is 22.7 Å². The van der Waals surface area contributed by atoms with Crippen LogP contribution in [-0.2, 0) is 0 Å². The van der Waals surface area contributed by atoms with Crippen molar-refractivity contribution in [2.45, 2.75) is 6.92 Å². The number of nitrogens with one attached hydrogen (secondary N) is 1. The maximum absolute atomic E-state index is 11.6. The second kappa shape index (κ2) is 4.90. The summed E-state index contributed by atoms with van der Waals surface area (Å²) in [5.74, 6) is -0.818. The molecular weight excluding hydrogens is 318 g/mol. The first-order chi connectivity index (χ1) is 8.97. The molecule has 7 nitrogen and oxygen atoms in total. The number of aryl methyl sites for hydroxylation is 1. The van der Waals surface area contributed by atoms with Crippen LogP contribution >= 0.6 is 15.9 Å². The maximum atomic E-state index is 11.6. The number of halogens is 1. The molecule has 0 fully saturated rings. The molecule has 0 unspecified atom stereocenters. The molecule has 0 bridgehead atoms. The summed E-state index contributed by atoms with van der Waals surface area (Å²) in [4.78, 5) is 26.1. The minimum atomic E-state index is -0.818. The van der Waals surface area contributed by atoms with E-state index in [1.54, 1.807) is 6.92 Å². The van der Waals surface area contributed by atoms with E-state index in [0.717, 1.165) is 0 Å². The molecule has 0 atom stereocenters. The lowest BCUT2D eigenvalue weighted by atomic mass is 10.1. The van der Waals surface area contributed by atoms with Gasteiger partial charge in [0, 0.05) is 11.5 Å². The summed E-state index contributed by atoms with van der Waals surface area (Å²) in [7, 11) is 0. The van der Waals surface area contributed by atoms with Crippen molar-refractivity contribution < 1.29 is 14.9 Å². The average Bonchev–Trinajstić information content (AvgIpc) is 2.41. The molecule has 2 N–H and O–H groups in total. The third kappa shape index (κ3) is 2.15. The minimum absolute atomic E-state index is 0.0677. The molecule has 1 heterocycles. The van der Waals surface area contributed by atoms with E-state index in [4.69, 9.17) is 5.21 Å². The van der Waals surface area contributed by atoms with Gasteiger partial charge in [-0.1, -0.05) is 12.1 Å². The normalized spacial score (nSPS) is 10.5. The number of hydrogen-bond donors (Lipinski definition) is 2. The molecule has 1 aromatic carbocycles. The number of benzene rings is 1. The topological polar surface area (TPSA) is 105 Å². The van der Waals surface area contributed by atoms with Crippen LogP contribution in [0, 0.1) is 17.0 Å². The highest BCUT2D eigenvalue weighted by molar-refractivity contribution is 9.10. The number of amides is 1. The number of nitro benzene ring substituents is 1. The van der Waals surface area contributed by atoms with E-state index in [-0.39, 0.29) is 16.8 Å².